The number of hydrogen-bond donors (Lipinski definition) is 4. The second-order valence-corrected chi connectivity index (χ2v) is 9.82. The standard InChI is InChI=1S/C24H40O6/c1-4-5-15-6-8-16(9-7-15)12-17-13-24(2,11-10-18(17)29-3)23-22(28)21(27)20(26)19(14-25)30-23/h10-11,15-16,19-23,25-28H,4-9,12-14H2,1-3H3. The number of aliphatic hydroxyl groups excluding tert-OH is 4. The van der Waals surface area contributed by atoms with Gasteiger partial charge in [0.05, 0.1) is 19.8 Å². The van der Waals surface area contributed by atoms with Crippen LogP contribution in [0.3, 0.4) is 0 Å². The summed E-state index contributed by atoms with van der Waals surface area (Å²) in [6, 6.07) is 0. The molecule has 30 heavy (non-hydrogen) atoms. The summed E-state index contributed by atoms with van der Waals surface area (Å²) < 4.78 is 11.5. The summed E-state index contributed by atoms with van der Waals surface area (Å²) in [5, 5.41) is 40.6. The van der Waals surface area contributed by atoms with E-state index in [1.807, 2.05) is 19.1 Å². The van der Waals surface area contributed by atoms with Gasteiger partial charge in [0, 0.05) is 5.41 Å². The lowest BCUT2D eigenvalue weighted by Crippen LogP contribution is -2.62. The maximum absolute atomic E-state index is 10.7. The average molecular weight is 425 g/mol. The first-order valence-corrected chi connectivity index (χ1v) is 11.6. The van der Waals surface area contributed by atoms with Crippen molar-refractivity contribution in [2.45, 2.75) is 95.7 Å². The average Bonchev–Trinajstić information content (AvgIpc) is 2.74. The monoisotopic (exact) mass is 424 g/mol. The molecule has 0 aromatic rings. The highest BCUT2D eigenvalue weighted by atomic mass is 16.5. The van der Waals surface area contributed by atoms with Gasteiger partial charge >= 0.3 is 0 Å². The van der Waals surface area contributed by atoms with Gasteiger partial charge in [-0.1, -0.05) is 45.6 Å². The fourth-order valence-electron chi connectivity index (χ4n) is 5.70. The van der Waals surface area contributed by atoms with Gasteiger partial charge < -0.3 is 29.9 Å². The Balaban J connectivity index is 1.72. The van der Waals surface area contributed by atoms with Gasteiger partial charge in [-0.25, -0.2) is 0 Å². The number of rotatable bonds is 7. The Morgan fingerprint density at radius 1 is 1.07 bits per heavy atom. The maximum atomic E-state index is 10.7. The Morgan fingerprint density at radius 2 is 1.73 bits per heavy atom. The van der Waals surface area contributed by atoms with E-state index in [-0.39, 0.29) is 0 Å². The molecule has 0 aromatic heterocycles. The summed E-state index contributed by atoms with van der Waals surface area (Å²) in [4.78, 5) is 0. The molecule has 3 rings (SSSR count). The Bertz CT molecular complexity index is 621. The first-order chi connectivity index (χ1) is 14.3. The molecule has 1 saturated carbocycles. The van der Waals surface area contributed by atoms with Crippen LogP contribution in [0.4, 0.5) is 0 Å². The lowest BCUT2D eigenvalue weighted by molar-refractivity contribution is -0.249. The smallest absolute Gasteiger partial charge is 0.117 e. The van der Waals surface area contributed by atoms with Gasteiger partial charge in [-0.2, -0.15) is 0 Å². The van der Waals surface area contributed by atoms with Crippen molar-refractivity contribution < 1.29 is 29.9 Å². The molecule has 0 amide bonds. The van der Waals surface area contributed by atoms with E-state index < -0.39 is 42.5 Å². The topological polar surface area (TPSA) is 99.4 Å². The molecule has 6 nitrogen and oxygen atoms in total. The second kappa shape index (κ2) is 10.1. The third-order valence-corrected chi connectivity index (χ3v) is 7.52. The van der Waals surface area contributed by atoms with E-state index in [4.69, 9.17) is 9.47 Å². The van der Waals surface area contributed by atoms with Crippen molar-refractivity contribution in [1.82, 2.24) is 0 Å². The van der Waals surface area contributed by atoms with Crippen molar-refractivity contribution >= 4 is 0 Å². The molecule has 6 atom stereocenters. The minimum absolute atomic E-state index is 0.408. The van der Waals surface area contributed by atoms with Crippen molar-refractivity contribution in [3.8, 4) is 0 Å². The molecule has 2 fully saturated rings. The van der Waals surface area contributed by atoms with Crippen LogP contribution < -0.4 is 0 Å². The minimum Gasteiger partial charge on any atom is -0.497 e. The van der Waals surface area contributed by atoms with Crippen LogP contribution in [0.5, 0.6) is 0 Å². The van der Waals surface area contributed by atoms with Gasteiger partial charge in [-0.05, 0) is 49.2 Å². The molecule has 0 bridgehead atoms. The van der Waals surface area contributed by atoms with Gasteiger partial charge in [-0.15, -0.1) is 0 Å². The zero-order valence-electron chi connectivity index (χ0n) is 18.7. The Hall–Kier alpha value is -0.920. The molecule has 172 valence electrons. The number of ether oxygens (including phenoxy) is 2. The van der Waals surface area contributed by atoms with Crippen LogP contribution in [0.1, 0.15) is 65.2 Å². The van der Waals surface area contributed by atoms with Gasteiger partial charge in [0.2, 0.25) is 0 Å². The molecular formula is C24H40O6. The normalized spacial score (nSPS) is 42.4. The molecule has 1 heterocycles. The highest BCUT2D eigenvalue weighted by Crippen LogP contribution is 2.45. The van der Waals surface area contributed by atoms with E-state index >= 15 is 0 Å². The van der Waals surface area contributed by atoms with Gasteiger partial charge in [0.15, 0.2) is 0 Å². The van der Waals surface area contributed by atoms with Crippen molar-refractivity contribution in [2.24, 2.45) is 17.3 Å². The highest BCUT2D eigenvalue weighted by molar-refractivity contribution is 5.31. The number of hydrogen-bond acceptors (Lipinski definition) is 6. The third-order valence-electron chi connectivity index (χ3n) is 7.52. The number of allylic oxidation sites excluding steroid dienone is 2. The first-order valence-electron chi connectivity index (χ1n) is 11.6. The van der Waals surface area contributed by atoms with E-state index in [0.717, 1.165) is 18.1 Å². The van der Waals surface area contributed by atoms with Gasteiger partial charge in [-0.3, -0.25) is 0 Å². The zero-order valence-corrected chi connectivity index (χ0v) is 18.7. The van der Waals surface area contributed by atoms with Crippen LogP contribution in [0.25, 0.3) is 0 Å². The lowest BCUT2D eigenvalue weighted by Gasteiger charge is -2.48. The lowest BCUT2D eigenvalue weighted by atomic mass is 9.69. The van der Waals surface area contributed by atoms with E-state index in [9.17, 15) is 20.4 Å². The molecule has 1 aliphatic heterocycles. The fourth-order valence-corrected chi connectivity index (χ4v) is 5.70. The van der Waals surface area contributed by atoms with Crippen LogP contribution in [0, 0.1) is 17.3 Å². The van der Waals surface area contributed by atoms with E-state index in [1.54, 1.807) is 7.11 Å². The van der Waals surface area contributed by atoms with Crippen LogP contribution in [0.2, 0.25) is 0 Å². The molecule has 6 heteroatoms. The molecule has 0 aromatic carbocycles. The fraction of sp³-hybridized carbons (Fsp3) is 0.833. The van der Waals surface area contributed by atoms with Crippen molar-refractivity contribution in [2.75, 3.05) is 13.7 Å². The summed E-state index contributed by atoms with van der Waals surface area (Å²) in [6.07, 6.45) is 7.70. The summed E-state index contributed by atoms with van der Waals surface area (Å²) in [5.41, 5.74) is 0.656. The Kier molecular flexibility index (Phi) is 8.02. The molecular weight excluding hydrogens is 384 g/mol. The van der Waals surface area contributed by atoms with Gasteiger partial charge in [0.1, 0.15) is 30.2 Å². The van der Waals surface area contributed by atoms with E-state index in [1.165, 1.54) is 44.1 Å². The van der Waals surface area contributed by atoms with Gasteiger partial charge in [0.25, 0.3) is 0 Å². The second-order valence-electron chi connectivity index (χ2n) is 9.82. The number of aliphatic hydroxyl groups is 4. The molecule has 6 unspecified atom stereocenters. The summed E-state index contributed by atoms with van der Waals surface area (Å²) in [5.74, 6) is 2.39. The maximum Gasteiger partial charge on any atom is 0.117 e. The van der Waals surface area contributed by atoms with Crippen molar-refractivity contribution in [1.29, 1.82) is 0 Å². The summed E-state index contributed by atoms with van der Waals surface area (Å²) in [6.45, 7) is 3.85. The van der Waals surface area contributed by atoms with Crippen LogP contribution in [0.15, 0.2) is 23.5 Å². The largest absolute Gasteiger partial charge is 0.497 e. The SMILES string of the molecule is CCCC1CCC(CC2=C(OC)C=CC(C)(C3OC(CO)C(O)C(O)C3O)C2)CC1. The highest BCUT2D eigenvalue weighted by Gasteiger charge is 2.51. The van der Waals surface area contributed by atoms with Crippen LogP contribution >= 0.6 is 0 Å². The van der Waals surface area contributed by atoms with Crippen molar-refractivity contribution in [3.05, 3.63) is 23.5 Å². The van der Waals surface area contributed by atoms with Crippen LogP contribution in [-0.2, 0) is 9.47 Å². The predicted octanol–water partition coefficient (Wildman–Crippen LogP) is 2.69. The predicted molar refractivity (Wildman–Crippen MR) is 115 cm³/mol. The molecule has 0 radical (unpaired) electrons. The quantitative estimate of drug-likeness (QED) is 0.502. The Morgan fingerprint density at radius 3 is 2.33 bits per heavy atom. The molecule has 2 aliphatic carbocycles. The number of methoxy groups -OCH3 is 1. The van der Waals surface area contributed by atoms with E-state index in [0.29, 0.717) is 12.3 Å². The van der Waals surface area contributed by atoms with E-state index in [2.05, 4.69) is 6.92 Å². The summed E-state index contributed by atoms with van der Waals surface area (Å²) >= 11 is 0. The molecule has 4 N–H and O–H groups in total. The Labute approximate surface area is 180 Å². The molecule has 0 spiro atoms. The summed E-state index contributed by atoms with van der Waals surface area (Å²) in [7, 11) is 1.69. The third kappa shape index (κ3) is 4.94. The molecule has 3 aliphatic rings. The first kappa shape index (κ1) is 23.7. The van der Waals surface area contributed by atoms with Crippen LogP contribution in [-0.4, -0.2) is 64.7 Å². The molecule has 1 saturated heterocycles. The zero-order chi connectivity index (χ0) is 21.9. The van der Waals surface area contributed by atoms with Crippen molar-refractivity contribution in [3.63, 3.8) is 0 Å². The minimum atomic E-state index is -1.35.